The highest BCUT2D eigenvalue weighted by Crippen LogP contribution is 2.27. The Kier molecular flexibility index (Phi) is 7.26. The lowest BCUT2D eigenvalue weighted by molar-refractivity contribution is -0.122. The molecule has 2 aromatic rings. The van der Waals surface area contributed by atoms with Crippen molar-refractivity contribution in [3.63, 3.8) is 0 Å². The van der Waals surface area contributed by atoms with Gasteiger partial charge in [0.1, 0.15) is 11.8 Å². The molecule has 1 amide bonds. The Balaban J connectivity index is 1.82. The van der Waals surface area contributed by atoms with Gasteiger partial charge < -0.3 is 10.1 Å². The van der Waals surface area contributed by atoms with Gasteiger partial charge in [-0.2, -0.15) is 0 Å². The first-order chi connectivity index (χ1) is 14.7. The summed E-state index contributed by atoms with van der Waals surface area (Å²) in [6.45, 7) is 3.75. The highest BCUT2D eigenvalue weighted by Gasteiger charge is 2.32. The minimum Gasteiger partial charge on any atom is -0.497 e. The third-order valence-electron chi connectivity index (χ3n) is 5.89. The number of nitrogens with one attached hydrogen (secondary N) is 1. The van der Waals surface area contributed by atoms with E-state index in [-0.39, 0.29) is 11.9 Å². The van der Waals surface area contributed by atoms with E-state index in [1.165, 1.54) is 28.3 Å². The number of hydrogen-bond donors (Lipinski definition) is 1. The van der Waals surface area contributed by atoms with Gasteiger partial charge in [-0.1, -0.05) is 25.1 Å². The largest absolute Gasteiger partial charge is 0.497 e. The molecule has 0 aromatic heterocycles. The molecule has 1 aliphatic carbocycles. The van der Waals surface area contributed by atoms with Gasteiger partial charge in [0.2, 0.25) is 15.9 Å². The first-order valence-corrected chi connectivity index (χ1v) is 12.6. The van der Waals surface area contributed by atoms with Gasteiger partial charge >= 0.3 is 0 Å². The summed E-state index contributed by atoms with van der Waals surface area (Å²) in [6.07, 6.45) is 6.08. The molecule has 2 atom stereocenters. The molecule has 0 saturated heterocycles. The minimum absolute atomic E-state index is 0.217. The number of rotatable bonds is 8. The molecule has 0 heterocycles. The molecule has 1 aliphatic rings. The Bertz CT molecular complexity index is 1020. The average Bonchev–Trinajstić information content (AvgIpc) is 2.76. The zero-order valence-electron chi connectivity index (χ0n) is 18.7. The molecule has 0 spiro atoms. The lowest BCUT2D eigenvalue weighted by Crippen LogP contribution is -2.49. The molecule has 168 valence electrons. The predicted octanol–water partition coefficient (Wildman–Crippen LogP) is 4.00. The predicted molar refractivity (Wildman–Crippen MR) is 124 cm³/mol. The van der Waals surface area contributed by atoms with E-state index in [2.05, 4.69) is 23.5 Å². The molecule has 0 bridgehead atoms. The summed E-state index contributed by atoms with van der Waals surface area (Å²) < 4.78 is 31.6. The van der Waals surface area contributed by atoms with Crippen molar-refractivity contribution >= 4 is 21.6 Å². The van der Waals surface area contributed by atoms with Crippen LogP contribution in [0.4, 0.5) is 5.69 Å². The minimum atomic E-state index is -3.67. The van der Waals surface area contributed by atoms with Crippen molar-refractivity contribution in [2.75, 3.05) is 17.7 Å². The number of methoxy groups -OCH3 is 1. The van der Waals surface area contributed by atoms with Crippen LogP contribution in [0.25, 0.3) is 0 Å². The van der Waals surface area contributed by atoms with Crippen LogP contribution in [0, 0.1) is 0 Å². The van der Waals surface area contributed by atoms with Crippen LogP contribution in [0.15, 0.2) is 42.5 Å². The third-order valence-corrected chi connectivity index (χ3v) is 7.07. The number of aryl methyl sites for hydroxylation is 2. The Morgan fingerprint density at radius 2 is 1.74 bits per heavy atom. The molecule has 1 N–H and O–H groups in total. The topological polar surface area (TPSA) is 75.7 Å². The number of anilines is 1. The Labute approximate surface area is 185 Å². The van der Waals surface area contributed by atoms with Crippen molar-refractivity contribution < 1.29 is 17.9 Å². The number of carbonyl (C=O) groups is 1. The smallest absolute Gasteiger partial charge is 0.244 e. The van der Waals surface area contributed by atoms with Crippen molar-refractivity contribution in [1.82, 2.24) is 5.32 Å². The van der Waals surface area contributed by atoms with E-state index in [1.807, 2.05) is 13.8 Å². The first kappa shape index (κ1) is 23.1. The quantitative estimate of drug-likeness (QED) is 0.668. The van der Waals surface area contributed by atoms with Gasteiger partial charge in [-0.25, -0.2) is 8.42 Å². The van der Waals surface area contributed by atoms with Gasteiger partial charge in [-0.15, -0.1) is 0 Å². The second-order valence-corrected chi connectivity index (χ2v) is 10.0. The number of amides is 1. The fourth-order valence-corrected chi connectivity index (χ4v) is 5.42. The molecule has 31 heavy (non-hydrogen) atoms. The van der Waals surface area contributed by atoms with Crippen molar-refractivity contribution in [2.24, 2.45) is 0 Å². The Morgan fingerprint density at radius 1 is 1.10 bits per heavy atom. The monoisotopic (exact) mass is 444 g/mol. The molecule has 0 unspecified atom stereocenters. The van der Waals surface area contributed by atoms with Crippen LogP contribution in [0.5, 0.6) is 5.75 Å². The SMILES string of the molecule is CC[C@H](C(=O)N[C@@H](C)c1ccc2c(c1)CCCC2)N(c1ccc(OC)cc1)S(C)(=O)=O. The highest BCUT2D eigenvalue weighted by molar-refractivity contribution is 7.92. The number of benzene rings is 2. The molecule has 7 heteroatoms. The summed E-state index contributed by atoms with van der Waals surface area (Å²) in [4.78, 5) is 13.2. The van der Waals surface area contributed by atoms with Crippen molar-refractivity contribution in [3.05, 3.63) is 59.2 Å². The molecule has 0 saturated carbocycles. The second-order valence-electron chi connectivity index (χ2n) is 8.15. The maximum absolute atomic E-state index is 13.2. The number of carbonyl (C=O) groups excluding carboxylic acids is 1. The average molecular weight is 445 g/mol. The van der Waals surface area contributed by atoms with Crippen LogP contribution in [0.3, 0.4) is 0 Å². The van der Waals surface area contributed by atoms with E-state index in [4.69, 9.17) is 4.74 Å². The fourth-order valence-electron chi connectivity index (χ4n) is 4.21. The van der Waals surface area contributed by atoms with Crippen LogP contribution in [-0.2, 0) is 27.7 Å². The summed E-state index contributed by atoms with van der Waals surface area (Å²) in [5, 5.41) is 3.03. The van der Waals surface area contributed by atoms with Crippen LogP contribution in [0.2, 0.25) is 0 Å². The Morgan fingerprint density at radius 3 is 2.32 bits per heavy atom. The zero-order valence-corrected chi connectivity index (χ0v) is 19.5. The van der Waals surface area contributed by atoms with Crippen LogP contribution >= 0.6 is 0 Å². The van der Waals surface area contributed by atoms with E-state index in [0.29, 0.717) is 17.9 Å². The second kappa shape index (κ2) is 9.73. The molecule has 0 radical (unpaired) electrons. The third kappa shape index (κ3) is 5.39. The molecule has 0 fully saturated rings. The zero-order chi connectivity index (χ0) is 22.6. The van der Waals surface area contributed by atoms with Crippen molar-refractivity contribution in [1.29, 1.82) is 0 Å². The maximum atomic E-state index is 13.2. The van der Waals surface area contributed by atoms with E-state index in [1.54, 1.807) is 31.4 Å². The molecule has 0 aliphatic heterocycles. The summed E-state index contributed by atoms with van der Waals surface area (Å²) >= 11 is 0. The number of fused-ring (bicyclic) bond motifs is 1. The number of hydrogen-bond acceptors (Lipinski definition) is 4. The van der Waals surface area contributed by atoms with Crippen molar-refractivity contribution in [2.45, 2.75) is 58.0 Å². The van der Waals surface area contributed by atoms with E-state index >= 15 is 0 Å². The number of sulfonamides is 1. The number of ether oxygens (including phenoxy) is 1. The van der Waals surface area contributed by atoms with Gasteiger partial charge in [-0.05, 0) is 80.0 Å². The van der Waals surface area contributed by atoms with Gasteiger partial charge in [0, 0.05) is 0 Å². The normalized spacial score (nSPS) is 15.5. The molecule has 3 rings (SSSR count). The van der Waals surface area contributed by atoms with Crippen LogP contribution in [-0.4, -0.2) is 33.7 Å². The molecular weight excluding hydrogens is 412 g/mol. The molecular formula is C24H32N2O4S. The lowest BCUT2D eigenvalue weighted by Gasteiger charge is -2.31. The van der Waals surface area contributed by atoms with E-state index < -0.39 is 16.1 Å². The summed E-state index contributed by atoms with van der Waals surface area (Å²) in [7, 11) is -2.13. The summed E-state index contributed by atoms with van der Waals surface area (Å²) in [5.41, 5.74) is 4.22. The van der Waals surface area contributed by atoms with Crippen LogP contribution < -0.4 is 14.4 Å². The lowest BCUT2D eigenvalue weighted by atomic mass is 9.89. The number of nitrogens with zero attached hydrogens (tertiary/aromatic N) is 1. The van der Waals surface area contributed by atoms with Gasteiger partial charge in [0.25, 0.3) is 0 Å². The summed E-state index contributed by atoms with van der Waals surface area (Å²) in [5.74, 6) is 0.310. The first-order valence-electron chi connectivity index (χ1n) is 10.8. The van der Waals surface area contributed by atoms with Gasteiger partial charge in [0.15, 0.2) is 0 Å². The maximum Gasteiger partial charge on any atom is 0.244 e. The van der Waals surface area contributed by atoms with Gasteiger partial charge in [0.05, 0.1) is 25.1 Å². The van der Waals surface area contributed by atoms with Gasteiger partial charge in [-0.3, -0.25) is 9.10 Å². The van der Waals surface area contributed by atoms with E-state index in [9.17, 15) is 13.2 Å². The Hall–Kier alpha value is -2.54. The van der Waals surface area contributed by atoms with E-state index in [0.717, 1.165) is 24.7 Å². The fraction of sp³-hybridized carbons (Fsp3) is 0.458. The van der Waals surface area contributed by atoms with Crippen molar-refractivity contribution in [3.8, 4) is 5.75 Å². The molecule has 2 aromatic carbocycles. The standard InChI is InChI=1S/C24H32N2O4S/c1-5-23(26(31(4,28)29)21-12-14-22(30-3)15-13-21)24(27)25-17(2)19-11-10-18-8-6-7-9-20(18)16-19/h10-17,23H,5-9H2,1-4H3,(H,25,27)/t17-,23+/m0/s1. The molecule has 6 nitrogen and oxygen atoms in total. The summed E-state index contributed by atoms with van der Waals surface area (Å²) in [6, 6.07) is 12.0. The highest BCUT2D eigenvalue weighted by atomic mass is 32.2. The van der Waals surface area contributed by atoms with Crippen LogP contribution in [0.1, 0.15) is 55.8 Å².